The molecule has 3 nitrogen and oxygen atoms in total. The van der Waals surface area contributed by atoms with Gasteiger partial charge >= 0.3 is 0 Å². The maximum Gasteiger partial charge on any atom is 0.265 e. The Labute approximate surface area is 138 Å². The quantitative estimate of drug-likeness (QED) is 0.598. The Kier molecular flexibility index (Phi) is 5.72. The summed E-state index contributed by atoms with van der Waals surface area (Å²) >= 11 is 0. The van der Waals surface area contributed by atoms with Gasteiger partial charge in [-0.15, -0.1) is 6.58 Å². The van der Waals surface area contributed by atoms with Crippen LogP contribution in [0.2, 0.25) is 0 Å². The molecule has 1 unspecified atom stereocenters. The van der Waals surface area contributed by atoms with Crippen LogP contribution >= 0.6 is 0 Å². The fourth-order valence-corrected chi connectivity index (χ4v) is 2.75. The molecule has 2 aromatic rings. The summed E-state index contributed by atoms with van der Waals surface area (Å²) in [5, 5.41) is 0. The predicted molar refractivity (Wildman–Crippen MR) is 94.8 cm³/mol. The first-order valence-electron chi connectivity index (χ1n) is 7.89. The van der Waals surface area contributed by atoms with Crippen LogP contribution in [0.5, 0.6) is 0 Å². The highest BCUT2D eigenvalue weighted by Gasteiger charge is 2.34. The molecule has 2 rings (SSSR count). The van der Waals surface area contributed by atoms with E-state index in [4.69, 9.17) is 0 Å². The number of amides is 1. The number of nitrogens with one attached hydrogen (secondary N) is 2. The molecule has 0 aliphatic carbocycles. The van der Waals surface area contributed by atoms with Crippen LogP contribution < -0.4 is 10.9 Å². The molecule has 1 atom stereocenters. The monoisotopic (exact) mass is 308 g/mol. The number of hydrazine groups is 1. The highest BCUT2D eigenvalue weighted by Crippen LogP contribution is 2.33. The lowest BCUT2D eigenvalue weighted by Gasteiger charge is -2.38. The van der Waals surface area contributed by atoms with Crippen LogP contribution in [0.15, 0.2) is 73.3 Å². The number of carbonyl (C=O) groups is 1. The Hall–Kier alpha value is -2.39. The van der Waals surface area contributed by atoms with E-state index in [0.717, 1.165) is 5.56 Å². The molecule has 3 heteroatoms. The van der Waals surface area contributed by atoms with Crippen LogP contribution in [-0.4, -0.2) is 5.91 Å². The number of carbonyl (C=O) groups excluding carboxylic acids is 1. The standard InChI is InChI=1S/C20H24N2O/c1-4-15-20(16(2)3,18-13-9-6-10-14-18)22-21-19(23)17-11-7-5-8-12-17/h4-14,16,22H,1,15H2,2-3H3,(H,21,23). The Balaban J connectivity index is 2.25. The third kappa shape index (κ3) is 3.88. The summed E-state index contributed by atoms with van der Waals surface area (Å²) in [4.78, 5) is 12.4. The molecule has 0 aliphatic heterocycles. The van der Waals surface area contributed by atoms with Gasteiger partial charge in [0.05, 0.1) is 5.54 Å². The Morgan fingerprint density at radius 2 is 1.65 bits per heavy atom. The number of hydrogen-bond donors (Lipinski definition) is 2. The summed E-state index contributed by atoms with van der Waals surface area (Å²) in [6.07, 6.45) is 2.60. The topological polar surface area (TPSA) is 41.1 Å². The Morgan fingerprint density at radius 3 is 2.17 bits per heavy atom. The summed E-state index contributed by atoms with van der Waals surface area (Å²) < 4.78 is 0. The fourth-order valence-electron chi connectivity index (χ4n) is 2.75. The number of hydrogen-bond acceptors (Lipinski definition) is 2. The fraction of sp³-hybridized carbons (Fsp3) is 0.250. The second-order valence-electron chi connectivity index (χ2n) is 5.93. The van der Waals surface area contributed by atoms with Crippen LogP contribution in [0, 0.1) is 5.92 Å². The second kappa shape index (κ2) is 7.75. The van der Waals surface area contributed by atoms with Crippen molar-refractivity contribution in [2.24, 2.45) is 5.92 Å². The maximum atomic E-state index is 12.4. The van der Waals surface area contributed by atoms with E-state index in [-0.39, 0.29) is 11.8 Å². The first-order chi connectivity index (χ1) is 11.1. The molecule has 0 spiro atoms. The molecule has 2 N–H and O–H groups in total. The van der Waals surface area contributed by atoms with Crippen molar-refractivity contribution < 1.29 is 4.79 Å². The van der Waals surface area contributed by atoms with E-state index in [1.54, 1.807) is 12.1 Å². The van der Waals surface area contributed by atoms with Gasteiger partial charge in [0.15, 0.2) is 0 Å². The highest BCUT2D eigenvalue weighted by atomic mass is 16.2. The van der Waals surface area contributed by atoms with Gasteiger partial charge in [-0.1, -0.05) is 68.5 Å². The van der Waals surface area contributed by atoms with Gasteiger partial charge in [0.2, 0.25) is 0 Å². The molecule has 0 bridgehead atoms. The van der Waals surface area contributed by atoms with Crippen molar-refractivity contribution in [3.05, 3.63) is 84.4 Å². The maximum absolute atomic E-state index is 12.4. The van der Waals surface area contributed by atoms with Gasteiger partial charge < -0.3 is 0 Å². The van der Waals surface area contributed by atoms with Crippen LogP contribution in [0.1, 0.15) is 36.2 Å². The van der Waals surface area contributed by atoms with E-state index in [0.29, 0.717) is 12.0 Å². The van der Waals surface area contributed by atoms with Crippen molar-refractivity contribution in [1.29, 1.82) is 0 Å². The highest BCUT2D eigenvalue weighted by molar-refractivity contribution is 5.93. The first-order valence-corrected chi connectivity index (χ1v) is 7.89. The minimum atomic E-state index is -0.395. The number of rotatable bonds is 7. The van der Waals surface area contributed by atoms with Gasteiger partial charge in [0, 0.05) is 5.56 Å². The van der Waals surface area contributed by atoms with E-state index in [1.807, 2.05) is 42.5 Å². The van der Waals surface area contributed by atoms with Crippen molar-refractivity contribution in [2.45, 2.75) is 25.8 Å². The van der Waals surface area contributed by atoms with E-state index in [2.05, 4.69) is 43.4 Å². The Morgan fingerprint density at radius 1 is 1.09 bits per heavy atom. The minimum absolute atomic E-state index is 0.143. The normalized spacial score (nSPS) is 13.3. The average molecular weight is 308 g/mol. The van der Waals surface area contributed by atoms with Crippen LogP contribution in [0.3, 0.4) is 0 Å². The molecular formula is C20H24N2O. The van der Waals surface area contributed by atoms with E-state index in [9.17, 15) is 4.79 Å². The molecule has 0 aromatic heterocycles. The third-order valence-corrected chi connectivity index (χ3v) is 4.18. The molecule has 0 fully saturated rings. The molecule has 23 heavy (non-hydrogen) atoms. The van der Waals surface area contributed by atoms with Gasteiger partial charge in [-0.05, 0) is 30.0 Å². The van der Waals surface area contributed by atoms with Crippen molar-refractivity contribution in [3.8, 4) is 0 Å². The zero-order valence-electron chi connectivity index (χ0n) is 13.8. The zero-order valence-corrected chi connectivity index (χ0v) is 13.8. The Bertz CT molecular complexity index is 637. The smallest absolute Gasteiger partial charge is 0.265 e. The van der Waals surface area contributed by atoms with Gasteiger partial charge in [-0.25, -0.2) is 5.43 Å². The van der Waals surface area contributed by atoms with Crippen molar-refractivity contribution in [2.75, 3.05) is 0 Å². The minimum Gasteiger partial charge on any atom is -0.287 e. The van der Waals surface area contributed by atoms with Crippen LogP contribution in [0.4, 0.5) is 0 Å². The molecular weight excluding hydrogens is 284 g/mol. The molecule has 0 aliphatic rings. The molecule has 0 radical (unpaired) electrons. The van der Waals surface area contributed by atoms with Gasteiger partial charge in [-0.2, -0.15) is 0 Å². The van der Waals surface area contributed by atoms with Gasteiger partial charge in [-0.3, -0.25) is 10.2 Å². The molecule has 0 saturated heterocycles. The van der Waals surface area contributed by atoms with Gasteiger partial charge in [0.25, 0.3) is 5.91 Å². The zero-order chi connectivity index (χ0) is 16.7. The van der Waals surface area contributed by atoms with E-state index < -0.39 is 5.54 Å². The number of benzene rings is 2. The summed E-state index contributed by atoms with van der Waals surface area (Å²) in [6.45, 7) is 8.16. The van der Waals surface area contributed by atoms with E-state index in [1.165, 1.54) is 0 Å². The van der Waals surface area contributed by atoms with Crippen molar-refractivity contribution in [3.63, 3.8) is 0 Å². The molecule has 1 amide bonds. The molecule has 0 heterocycles. The SMILES string of the molecule is C=CCC(NNC(=O)c1ccccc1)(c1ccccc1)C(C)C. The lowest BCUT2D eigenvalue weighted by molar-refractivity contribution is 0.0880. The summed E-state index contributed by atoms with van der Waals surface area (Å²) in [5.74, 6) is 0.120. The predicted octanol–water partition coefficient (Wildman–Crippen LogP) is 4.05. The average Bonchev–Trinajstić information content (AvgIpc) is 2.59. The molecule has 0 saturated carbocycles. The molecule has 2 aromatic carbocycles. The lowest BCUT2D eigenvalue weighted by atomic mass is 9.78. The second-order valence-corrected chi connectivity index (χ2v) is 5.93. The molecule has 120 valence electrons. The first kappa shape index (κ1) is 17.0. The van der Waals surface area contributed by atoms with Crippen LogP contribution in [-0.2, 0) is 5.54 Å². The van der Waals surface area contributed by atoms with Crippen molar-refractivity contribution in [1.82, 2.24) is 10.9 Å². The largest absolute Gasteiger partial charge is 0.287 e. The van der Waals surface area contributed by atoms with Crippen LogP contribution in [0.25, 0.3) is 0 Å². The third-order valence-electron chi connectivity index (χ3n) is 4.18. The van der Waals surface area contributed by atoms with Crippen molar-refractivity contribution >= 4 is 5.91 Å². The summed E-state index contributed by atoms with van der Waals surface area (Å²) in [5.41, 5.74) is 7.51. The van der Waals surface area contributed by atoms with E-state index >= 15 is 0 Å². The summed E-state index contributed by atoms with van der Waals surface area (Å²) in [6, 6.07) is 19.4. The lowest BCUT2D eigenvalue weighted by Crippen LogP contribution is -2.54. The summed E-state index contributed by atoms with van der Waals surface area (Å²) in [7, 11) is 0. The van der Waals surface area contributed by atoms with Gasteiger partial charge in [0.1, 0.15) is 0 Å².